The molecule has 1 saturated heterocycles. The number of nitrogens with one attached hydrogen (secondary N) is 1. The lowest BCUT2D eigenvalue weighted by molar-refractivity contribution is -0.126. The molecule has 0 saturated carbocycles. The van der Waals surface area contributed by atoms with Crippen LogP contribution in [0.4, 0.5) is 4.39 Å². The van der Waals surface area contributed by atoms with Crippen molar-refractivity contribution in [1.82, 2.24) is 19.2 Å². The molecule has 174 valence electrons. The van der Waals surface area contributed by atoms with E-state index in [2.05, 4.69) is 10.3 Å². The number of piperidine rings is 1. The van der Waals surface area contributed by atoms with Gasteiger partial charge in [-0.25, -0.2) is 17.8 Å². The molecule has 2 aromatic carbocycles. The van der Waals surface area contributed by atoms with Gasteiger partial charge in [0.25, 0.3) is 0 Å². The summed E-state index contributed by atoms with van der Waals surface area (Å²) in [4.78, 5) is 17.7. The number of carbonyl (C=O) groups excluding carboxylic acids is 1. The number of carbonyl (C=O) groups is 1. The summed E-state index contributed by atoms with van der Waals surface area (Å²) in [6.45, 7) is 2.40. The highest BCUT2D eigenvalue weighted by Crippen LogP contribution is 2.27. The molecule has 1 fully saturated rings. The number of hydrogen-bond donors (Lipinski definition) is 1. The minimum atomic E-state index is -3.60. The van der Waals surface area contributed by atoms with Gasteiger partial charge in [0.05, 0.1) is 4.90 Å². The van der Waals surface area contributed by atoms with Crippen molar-refractivity contribution in [2.24, 2.45) is 13.0 Å². The lowest BCUT2D eigenvalue weighted by Crippen LogP contribution is -2.44. The fourth-order valence-electron chi connectivity index (χ4n) is 4.12. The normalized spacial score (nSPS) is 16.5. The summed E-state index contributed by atoms with van der Waals surface area (Å²) in [5.41, 5.74) is 1.32. The van der Waals surface area contributed by atoms with Crippen molar-refractivity contribution < 1.29 is 17.6 Å². The molecule has 1 amide bonds. The van der Waals surface area contributed by atoms with Crippen molar-refractivity contribution in [2.45, 2.75) is 30.7 Å². The number of nitrogens with zero attached hydrogens (tertiary/aromatic N) is 3. The lowest BCUT2D eigenvalue weighted by atomic mass is 9.96. The summed E-state index contributed by atoms with van der Waals surface area (Å²) in [6.07, 6.45) is 4.12. The molecule has 1 N–H and O–H groups in total. The van der Waals surface area contributed by atoms with Crippen LogP contribution in [0.25, 0.3) is 0 Å². The van der Waals surface area contributed by atoms with Gasteiger partial charge in [0.1, 0.15) is 17.7 Å². The first kappa shape index (κ1) is 23.1. The standard InChI is InChI=1S/C24H27FN4O3S/c1-17-7-9-19(10-8-17)33(31,32)29-14-11-18(12-15-29)24(30)27-22(23-26-13-16-28(23)2)20-5-3-4-6-21(20)25/h3-10,13,16,18,22H,11-12,14-15H2,1-2H3,(H,27,30). The van der Waals surface area contributed by atoms with Crippen molar-refractivity contribution in [3.63, 3.8) is 0 Å². The molecule has 0 aliphatic carbocycles. The summed E-state index contributed by atoms with van der Waals surface area (Å²) >= 11 is 0. The summed E-state index contributed by atoms with van der Waals surface area (Å²) in [5, 5.41) is 2.95. The Kier molecular flexibility index (Phi) is 6.62. The predicted molar refractivity (Wildman–Crippen MR) is 122 cm³/mol. The fourth-order valence-corrected chi connectivity index (χ4v) is 5.59. The van der Waals surface area contributed by atoms with Crippen molar-refractivity contribution in [1.29, 1.82) is 0 Å². The average molecular weight is 471 g/mol. The first-order valence-electron chi connectivity index (χ1n) is 10.9. The first-order valence-corrected chi connectivity index (χ1v) is 12.3. The molecule has 1 aromatic heterocycles. The van der Waals surface area contributed by atoms with E-state index in [9.17, 15) is 17.6 Å². The van der Waals surface area contributed by atoms with E-state index >= 15 is 0 Å². The zero-order valence-electron chi connectivity index (χ0n) is 18.6. The zero-order chi connectivity index (χ0) is 23.6. The van der Waals surface area contributed by atoms with Crippen LogP contribution >= 0.6 is 0 Å². The van der Waals surface area contributed by atoms with Crippen LogP contribution in [-0.4, -0.2) is 41.3 Å². The molecule has 1 atom stereocenters. The molecule has 1 unspecified atom stereocenters. The van der Waals surface area contributed by atoms with Crippen LogP contribution in [0.2, 0.25) is 0 Å². The van der Waals surface area contributed by atoms with E-state index in [4.69, 9.17) is 0 Å². The Morgan fingerprint density at radius 1 is 1.12 bits per heavy atom. The number of imidazole rings is 1. The topological polar surface area (TPSA) is 84.3 Å². The quantitative estimate of drug-likeness (QED) is 0.600. The number of rotatable bonds is 6. The maximum absolute atomic E-state index is 14.6. The van der Waals surface area contributed by atoms with E-state index in [1.807, 2.05) is 6.92 Å². The van der Waals surface area contributed by atoms with Crippen LogP contribution in [0.5, 0.6) is 0 Å². The molecule has 33 heavy (non-hydrogen) atoms. The Bertz CT molecular complexity index is 1230. The molecule has 1 aliphatic rings. The molecule has 1 aliphatic heterocycles. The molecule has 0 radical (unpaired) electrons. The zero-order valence-corrected chi connectivity index (χ0v) is 19.4. The third-order valence-electron chi connectivity index (χ3n) is 6.10. The van der Waals surface area contributed by atoms with Gasteiger partial charge in [0, 0.05) is 44.0 Å². The van der Waals surface area contributed by atoms with Gasteiger partial charge in [0.2, 0.25) is 15.9 Å². The van der Waals surface area contributed by atoms with Crippen molar-refractivity contribution in [3.05, 3.63) is 83.7 Å². The van der Waals surface area contributed by atoms with E-state index in [0.29, 0.717) is 24.2 Å². The average Bonchev–Trinajstić information content (AvgIpc) is 3.24. The Morgan fingerprint density at radius 2 is 1.79 bits per heavy atom. The maximum atomic E-state index is 14.6. The van der Waals surface area contributed by atoms with E-state index in [0.717, 1.165) is 5.56 Å². The Hall–Kier alpha value is -3.04. The number of hydrogen-bond acceptors (Lipinski definition) is 4. The SMILES string of the molecule is Cc1ccc(S(=O)(=O)N2CCC(C(=O)NC(c3ccccc3F)c3nccn3C)CC2)cc1. The van der Waals surface area contributed by atoms with Crippen LogP contribution in [-0.2, 0) is 21.9 Å². The molecule has 7 nitrogen and oxygen atoms in total. The van der Waals surface area contributed by atoms with Crippen LogP contribution in [0.3, 0.4) is 0 Å². The van der Waals surface area contributed by atoms with Crippen LogP contribution < -0.4 is 5.32 Å². The summed E-state index contributed by atoms with van der Waals surface area (Å²) < 4.78 is 43.6. The fraction of sp³-hybridized carbons (Fsp3) is 0.333. The summed E-state index contributed by atoms with van der Waals surface area (Å²) in [5.74, 6) is -0.514. The minimum Gasteiger partial charge on any atom is -0.342 e. The number of amides is 1. The second kappa shape index (κ2) is 9.44. The van der Waals surface area contributed by atoms with E-state index < -0.39 is 21.9 Å². The van der Waals surface area contributed by atoms with Gasteiger partial charge < -0.3 is 9.88 Å². The number of halogens is 1. The second-order valence-electron chi connectivity index (χ2n) is 8.35. The highest BCUT2D eigenvalue weighted by atomic mass is 32.2. The van der Waals surface area contributed by atoms with Crippen molar-refractivity contribution in [3.8, 4) is 0 Å². The third-order valence-corrected chi connectivity index (χ3v) is 8.02. The third kappa shape index (κ3) is 4.84. The summed E-state index contributed by atoms with van der Waals surface area (Å²) in [6, 6.07) is 12.3. The van der Waals surface area contributed by atoms with Crippen LogP contribution in [0.15, 0.2) is 65.8 Å². The van der Waals surface area contributed by atoms with Crippen molar-refractivity contribution in [2.75, 3.05) is 13.1 Å². The molecule has 0 spiro atoms. The summed E-state index contributed by atoms with van der Waals surface area (Å²) in [7, 11) is -1.81. The van der Waals surface area contributed by atoms with Gasteiger partial charge in [-0.1, -0.05) is 35.9 Å². The van der Waals surface area contributed by atoms with Gasteiger partial charge in [-0.3, -0.25) is 4.79 Å². The number of sulfonamides is 1. The van der Waals surface area contributed by atoms with Crippen molar-refractivity contribution >= 4 is 15.9 Å². The van der Waals surface area contributed by atoms with E-state index in [1.54, 1.807) is 66.5 Å². The number of benzene rings is 2. The monoisotopic (exact) mass is 470 g/mol. The minimum absolute atomic E-state index is 0.237. The smallest absolute Gasteiger partial charge is 0.243 e. The molecule has 4 rings (SSSR count). The second-order valence-corrected chi connectivity index (χ2v) is 10.3. The number of aryl methyl sites for hydroxylation is 2. The highest BCUT2D eigenvalue weighted by molar-refractivity contribution is 7.89. The first-order chi connectivity index (χ1) is 15.8. The van der Waals surface area contributed by atoms with Gasteiger partial charge in [-0.15, -0.1) is 0 Å². The van der Waals surface area contributed by atoms with Gasteiger partial charge in [-0.2, -0.15) is 4.31 Å². The van der Waals surface area contributed by atoms with Crippen LogP contribution in [0, 0.1) is 18.7 Å². The molecular formula is C24H27FN4O3S. The number of aromatic nitrogens is 2. The molecule has 3 aromatic rings. The van der Waals surface area contributed by atoms with Crippen LogP contribution in [0.1, 0.15) is 35.8 Å². The molecular weight excluding hydrogens is 443 g/mol. The molecule has 2 heterocycles. The van der Waals surface area contributed by atoms with E-state index in [-0.39, 0.29) is 29.8 Å². The molecule has 0 bridgehead atoms. The lowest BCUT2D eigenvalue weighted by Gasteiger charge is -2.31. The predicted octanol–water partition coefficient (Wildman–Crippen LogP) is 3.17. The van der Waals surface area contributed by atoms with Gasteiger partial charge in [0.15, 0.2) is 0 Å². The maximum Gasteiger partial charge on any atom is 0.243 e. The van der Waals surface area contributed by atoms with Gasteiger partial charge in [-0.05, 0) is 38.0 Å². The van der Waals surface area contributed by atoms with E-state index in [1.165, 1.54) is 10.4 Å². The van der Waals surface area contributed by atoms with Gasteiger partial charge >= 0.3 is 0 Å². The highest BCUT2D eigenvalue weighted by Gasteiger charge is 2.34. The Balaban J connectivity index is 1.47. The Morgan fingerprint density at radius 3 is 2.39 bits per heavy atom. The molecule has 9 heteroatoms. The largest absolute Gasteiger partial charge is 0.342 e. The Labute approximate surface area is 193 Å².